The van der Waals surface area contributed by atoms with Crippen LogP contribution in [0.4, 0.5) is 18.0 Å². The van der Waals surface area contributed by atoms with Gasteiger partial charge < -0.3 is 4.74 Å². The summed E-state index contributed by atoms with van der Waals surface area (Å²) >= 11 is 0.578. The summed E-state index contributed by atoms with van der Waals surface area (Å²) in [6, 6.07) is 7.75. The molecule has 1 aromatic carbocycles. The monoisotopic (exact) mass is 350 g/mol. The summed E-state index contributed by atoms with van der Waals surface area (Å²) in [4.78, 5) is 11.1. The molecule has 0 amide bonds. The number of nitrogens with zero attached hydrogens (tertiary/aromatic N) is 2. The van der Waals surface area contributed by atoms with Gasteiger partial charge in [-0.25, -0.2) is 4.79 Å². The third kappa shape index (κ3) is 2.53. The van der Waals surface area contributed by atoms with Crippen molar-refractivity contribution in [2.45, 2.75) is 6.18 Å². The minimum absolute atomic E-state index is 0.0322. The molecule has 0 saturated heterocycles. The van der Waals surface area contributed by atoms with Crippen LogP contribution >= 0.6 is 11.3 Å². The Balaban J connectivity index is 2.35. The van der Waals surface area contributed by atoms with E-state index in [4.69, 9.17) is 5.26 Å². The van der Waals surface area contributed by atoms with Gasteiger partial charge in [0.25, 0.3) is 0 Å². The maximum absolute atomic E-state index is 13.2. The number of hydrogen-bond donors (Lipinski definition) is 0. The Hall–Kier alpha value is -2.79. The fourth-order valence-electron chi connectivity index (χ4n) is 2.50. The second-order valence-corrected chi connectivity index (χ2v) is 5.80. The van der Waals surface area contributed by atoms with E-state index in [1.54, 1.807) is 0 Å². The van der Waals surface area contributed by atoms with Gasteiger partial charge in [0.2, 0.25) is 0 Å². The zero-order chi connectivity index (χ0) is 17.5. The van der Waals surface area contributed by atoms with Gasteiger partial charge in [0, 0.05) is 22.7 Å². The molecule has 0 aliphatic heterocycles. The fraction of sp³-hybridized carbons (Fsp3) is 0.125. The number of aromatic nitrogens is 1. The van der Waals surface area contributed by atoms with Crippen molar-refractivity contribution in [2.75, 3.05) is 7.11 Å². The van der Waals surface area contributed by atoms with Crippen molar-refractivity contribution < 1.29 is 22.7 Å². The molecule has 24 heavy (non-hydrogen) atoms. The zero-order valence-electron chi connectivity index (χ0n) is 12.2. The van der Waals surface area contributed by atoms with Crippen molar-refractivity contribution in [2.24, 2.45) is 0 Å². The molecule has 3 aromatic rings. The molecule has 0 fully saturated rings. The Labute approximate surface area is 138 Å². The Morgan fingerprint density at radius 2 is 2.04 bits per heavy atom. The van der Waals surface area contributed by atoms with Gasteiger partial charge in [-0.2, -0.15) is 18.4 Å². The lowest BCUT2D eigenvalue weighted by Gasteiger charge is -2.06. The molecule has 4 nitrogen and oxygen atoms in total. The van der Waals surface area contributed by atoms with Gasteiger partial charge >= 0.3 is 12.3 Å². The molecule has 0 bridgehead atoms. The number of ether oxygens (including phenoxy) is 1. The number of rotatable bonds is 1. The first-order chi connectivity index (χ1) is 11.4. The topological polar surface area (TPSA) is 55.0 Å². The predicted octanol–water partition coefficient (Wildman–Crippen LogP) is 4.87. The average molecular weight is 350 g/mol. The van der Waals surface area contributed by atoms with Crippen LogP contribution in [0, 0.1) is 11.3 Å². The van der Waals surface area contributed by atoms with Crippen LogP contribution in [-0.2, 0) is 10.9 Å². The summed E-state index contributed by atoms with van der Waals surface area (Å²) < 4.78 is 45.4. The van der Waals surface area contributed by atoms with Crippen molar-refractivity contribution in [1.29, 1.82) is 5.26 Å². The first-order valence-corrected chi connectivity index (χ1v) is 7.53. The molecule has 2 aromatic heterocycles. The first-order valence-electron chi connectivity index (χ1n) is 6.65. The molecule has 0 atom stereocenters. The van der Waals surface area contributed by atoms with Crippen molar-refractivity contribution in [1.82, 2.24) is 4.57 Å². The minimum atomic E-state index is -4.50. The Morgan fingerprint density at radius 1 is 1.29 bits per heavy atom. The molecule has 0 aliphatic rings. The maximum atomic E-state index is 13.2. The predicted molar refractivity (Wildman–Crippen MR) is 82.8 cm³/mol. The maximum Gasteiger partial charge on any atom is 0.426 e. The van der Waals surface area contributed by atoms with Gasteiger partial charge in [-0.1, -0.05) is 0 Å². The molecule has 2 heterocycles. The highest BCUT2D eigenvalue weighted by Gasteiger charge is 2.36. The smallest absolute Gasteiger partial charge is 0.426 e. The van der Waals surface area contributed by atoms with Crippen molar-refractivity contribution >= 4 is 28.3 Å². The van der Waals surface area contributed by atoms with E-state index in [0.29, 0.717) is 22.2 Å². The van der Waals surface area contributed by atoms with Crippen LogP contribution in [0.15, 0.2) is 35.8 Å². The number of benzene rings is 1. The molecule has 0 saturated carbocycles. The van der Waals surface area contributed by atoms with E-state index >= 15 is 0 Å². The Bertz CT molecular complexity index is 980. The summed E-state index contributed by atoms with van der Waals surface area (Å²) in [7, 11) is 1.18. The molecular formula is C16H9F3N2O2S. The SMILES string of the molecule is COC(=O)n1cc(-c2ccsc2C(F)(F)F)c2cc(C#N)ccc21. The van der Waals surface area contributed by atoms with E-state index in [1.165, 1.54) is 43.0 Å². The van der Waals surface area contributed by atoms with Crippen molar-refractivity contribution in [3.8, 4) is 17.2 Å². The van der Waals surface area contributed by atoms with Crippen molar-refractivity contribution in [3.05, 3.63) is 46.3 Å². The summed E-state index contributed by atoms with van der Waals surface area (Å²) in [5, 5.41) is 10.8. The normalized spacial score (nSPS) is 11.5. The lowest BCUT2D eigenvalue weighted by atomic mass is 10.0. The highest BCUT2D eigenvalue weighted by molar-refractivity contribution is 7.10. The molecule has 0 unspecified atom stereocenters. The van der Waals surface area contributed by atoms with E-state index in [1.807, 2.05) is 6.07 Å². The molecule has 0 spiro atoms. The van der Waals surface area contributed by atoms with Crippen LogP contribution in [0.3, 0.4) is 0 Å². The van der Waals surface area contributed by atoms with E-state index in [9.17, 15) is 18.0 Å². The largest absolute Gasteiger partial charge is 0.452 e. The number of nitriles is 1. The highest BCUT2D eigenvalue weighted by Crippen LogP contribution is 2.43. The third-order valence-electron chi connectivity index (χ3n) is 3.52. The number of thiophene rings is 1. The number of fused-ring (bicyclic) bond motifs is 1. The van der Waals surface area contributed by atoms with Gasteiger partial charge in [0.15, 0.2) is 0 Å². The molecule has 0 radical (unpaired) electrons. The van der Waals surface area contributed by atoms with E-state index in [2.05, 4.69) is 4.74 Å². The van der Waals surface area contributed by atoms with Gasteiger partial charge in [0.05, 0.1) is 24.3 Å². The Morgan fingerprint density at radius 3 is 2.67 bits per heavy atom. The fourth-order valence-corrected chi connectivity index (χ4v) is 3.28. The second kappa shape index (κ2) is 5.69. The number of carbonyl (C=O) groups excluding carboxylic acids is 1. The van der Waals surface area contributed by atoms with Crippen molar-refractivity contribution in [3.63, 3.8) is 0 Å². The number of alkyl halides is 3. The van der Waals surface area contributed by atoms with Gasteiger partial charge in [-0.3, -0.25) is 4.57 Å². The first kappa shape index (κ1) is 16.1. The number of hydrogen-bond acceptors (Lipinski definition) is 4. The molecule has 8 heteroatoms. The molecule has 0 N–H and O–H groups in total. The van der Waals surface area contributed by atoms with Crippen LogP contribution in [0.25, 0.3) is 22.0 Å². The lowest BCUT2D eigenvalue weighted by molar-refractivity contribution is -0.133. The number of carbonyl (C=O) groups is 1. The third-order valence-corrected chi connectivity index (χ3v) is 4.48. The highest BCUT2D eigenvalue weighted by atomic mass is 32.1. The van der Waals surface area contributed by atoms with Crippen LogP contribution in [-0.4, -0.2) is 17.8 Å². The number of methoxy groups -OCH3 is 1. The summed E-state index contributed by atoms with van der Waals surface area (Å²) in [5.74, 6) is 0. The lowest BCUT2D eigenvalue weighted by Crippen LogP contribution is -2.09. The molecular weight excluding hydrogens is 341 g/mol. The summed E-state index contributed by atoms with van der Waals surface area (Å²) in [5.41, 5.74) is 0.849. The van der Waals surface area contributed by atoms with E-state index in [0.717, 1.165) is 4.57 Å². The minimum Gasteiger partial charge on any atom is -0.452 e. The van der Waals surface area contributed by atoms with Crippen LogP contribution in [0.1, 0.15) is 10.4 Å². The van der Waals surface area contributed by atoms with Crippen LogP contribution in [0.5, 0.6) is 0 Å². The van der Waals surface area contributed by atoms with E-state index in [-0.39, 0.29) is 16.7 Å². The zero-order valence-corrected chi connectivity index (χ0v) is 13.0. The van der Waals surface area contributed by atoms with Crippen LogP contribution in [0.2, 0.25) is 0 Å². The Kier molecular flexibility index (Phi) is 3.81. The standard InChI is InChI=1S/C16H9F3N2O2S/c1-23-15(22)21-8-12(10-4-5-24-14(10)16(17,18)19)11-6-9(7-20)2-3-13(11)21/h2-6,8H,1H3. The van der Waals surface area contributed by atoms with E-state index < -0.39 is 17.1 Å². The molecule has 0 aliphatic carbocycles. The molecule has 3 rings (SSSR count). The molecule has 122 valence electrons. The van der Waals surface area contributed by atoms with Gasteiger partial charge in [-0.05, 0) is 29.6 Å². The second-order valence-electron chi connectivity index (χ2n) is 4.89. The number of halogens is 3. The van der Waals surface area contributed by atoms with Crippen LogP contribution < -0.4 is 0 Å². The van der Waals surface area contributed by atoms with Gasteiger partial charge in [-0.15, -0.1) is 11.3 Å². The summed E-state index contributed by atoms with van der Waals surface area (Å²) in [6.45, 7) is 0. The summed E-state index contributed by atoms with van der Waals surface area (Å²) in [6.07, 6.45) is -3.93. The quantitative estimate of drug-likeness (QED) is 0.629. The average Bonchev–Trinajstić information content (AvgIpc) is 3.17. The van der Waals surface area contributed by atoms with Gasteiger partial charge in [0.1, 0.15) is 4.88 Å².